The molecule has 2 aromatic carbocycles. The number of nitrogens with zero attached hydrogens (tertiary/aromatic N) is 2. The van der Waals surface area contributed by atoms with E-state index in [9.17, 15) is 24.5 Å². The first-order chi connectivity index (χ1) is 20.7. The number of ether oxygens (including phenoxy) is 2. The van der Waals surface area contributed by atoms with Crippen LogP contribution in [0.15, 0.2) is 36.4 Å². The first-order valence-corrected chi connectivity index (χ1v) is 18.3. The molecule has 2 aromatic rings. The third kappa shape index (κ3) is 9.57. The molecule has 0 radical (unpaired) electrons. The number of nitrogens with one attached hydrogen (secondary N) is 1. The van der Waals surface area contributed by atoms with Crippen LogP contribution in [0.4, 0.5) is 10.5 Å². The van der Waals surface area contributed by atoms with Crippen molar-refractivity contribution in [3.8, 4) is 5.75 Å². The monoisotopic (exact) mass is 681 g/mol. The van der Waals surface area contributed by atoms with Gasteiger partial charge < -0.3 is 24.1 Å². The third-order valence-corrected chi connectivity index (χ3v) is 12.7. The van der Waals surface area contributed by atoms with E-state index >= 15 is 0 Å². The molecule has 1 heterocycles. The minimum Gasteiger partial charge on any atom is -0.544 e. The zero-order chi connectivity index (χ0) is 33.9. The second-order valence-corrected chi connectivity index (χ2v) is 19.1. The van der Waals surface area contributed by atoms with Gasteiger partial charge in [0, 0.05) is 29.7 Å². The van der Waals surface area contributed by atoms with Crippen LogP contribution in [0.5, 0.6) is 5.75 Å². The van der Waals surface area contributed by atoms with Gasteiger partial charge in [0.1, 0.15) is 22.5 Å². The summed E-state index contributed by atoms with van der Waals surface area (Å²) in [6.45, 7) is 16.2. The molecule has 246 valence electrons. The number of amides is 2. The molecule has 0 bridgehead atoms. The number of esters is 1. The van der Waals surface area contributed by atoms with Gasteiger partial charge in [-0.05, 0) is 82.1 Å². The lowest BCUT2D eigenvalue weighted by molar-refractivity contribution is -0.384. The van der Waals surface area contributed by atoms with E-state index in [0.717, 1.165) is 6.07 Å². The Morgan fingerprint density at radius 3 is 2.22 bits per heavy atom. The summed E-state index contributed by atoms with van der Waals surface area (Å²) >= 11 is 12.2. The van der Waals surface area contributed by atoms with Crippen molar-refractivity contribution in [1.29, 1.82) is 0 Å². The Labute approximate surface area is 274 Å². The Kier molecular flexibility index (Phi) is 11.2. The fraction of sp³-hybridized carbons (Fsp3) is 0.516. The van der Waals surface area contributed by atoms with E-state index in [1.54, 1.807) is 45.0 Å². The number of rotatable bonds is 7. The van der Waals surface area contributed by atoms with Crippen LogP contribution in [0.1, 0.15) is 75.1 Å². The molecule has 2 atom stereocenters. The van der Waals surface area contributed by atoms with Gasteiger partial charge in [-0.2, -0.15) is 0 Å². The molecular formula is C31H41Cl2N3O8Si. The lowest BCUT2D eigenvalue weighted by Gasteiger charge is -2.36. The molecule has 0 spiro atoms. The summed E-state index contributed by atoms with van der Waals surface area (Å²) in [5, 5.41) is 13.9. The number of halogens is 2. The Morgan fingerprint density at radius 2 is 1.67 bits per heavy atom. The van der Waals surface area contributed by atoms with E-state index in [2.05, 4.69) is 39.2 Å². The molecule has 1 aliphatic rings. The third-order valence-electron chi connectivity index (χ3n) is 7.74. The smallest absolute Gasteiger partial charge is 0.410 e. The average molecular weight is 683 g/mol. The van der Waals surface area contributed by atoms with Crippen molar-refractivity contribution in [2.75, 3.05) is 13.1 Å². The number of likely N-dealkylation sites (tertiary alicyclic amines) is 1. The molecule has 45 heavy (non-hydrogen) atoms. The molecule has 0 saturated carbocycles. The van der Waals surface area contributed by atoms with E-state index in [0.29, 0.717) is 17.7 Å². The zero-order valence-electron chi connectivity index (χ0n) is 26.9. The Bertz CT molecular complexity index is 1440. The topological polar surface area (TPSA) is 137 Å². The van der Waals surface area contributed by atoms with E-state index in [1.165, 1.54) is 11.0 Å². The van der Waals surface area contributed by atoms with Gasteiger partial charge in [-0.25, -0.2) is 9.59 Å². The molecule has 0 aromatic heterocycles. The van der Waals surface area contributed by atoms with Gasteiger partial charge in [-0.1, -0.05) is 44.0 Å². The first kappa shape index (κ1) is 36.1. The van der Waals surface area contributed by atoms with Crippen LogP contribution in [-0.2, 0) is 9.47 Å². The Hall–Kier alpha value is -3.35. The highest BCUT2D eigenvalue weighted by Gasteiger charge is 2.39. The SMILES string of the molecule is CC(C)(C)OC(=O)N1CCC[C@@H](OC(=O)c2cc(Cl)cc([N+](=O)[O-])c2Cl)[C@H](NC(=O)c2ccc(O[Si](C)(C)C(C)(C)C)cc2)C1. The van der Waals surface area contributed by atoms with Gasteiger partial charge in [-0.15, -0.1) is 0 Å². The summed E-state index contributed by atoms with van der Waals surface area (Å²) in [6.07, 6.45) is -0.791. The van der Waals surface area contributed by atoms with E-state index in [4.69, 9.17) is 37.1 Å². The summed E-state index contributed by atoms with van der Waals surface area (Å²) < 4.78 is 17.7. The maximum absolute atomic E-state index is 13.5. The van der Waals surface area contributed by atoms with Crippen molar-refractivity contribution >= 4 is 55.2 Å². The number of carbonyl (C=O) groups is 3. The maximum Gasteiger partial charge on any atom is 0.410 e. The zero-order valence-corrected chi connectivity index (χ0v) is 29.4. The van der Waals surface area contributed by atoms with Gasteiger partial charge >= 0.3 is 12.1 Å². The maximum atomic E-state index is 13.5. The van der Waals surface area contributed by atoms with Crippen molar-refractivity contribution < 1.29 is 33.2 Å². The molecular weight excluding hydrogens is 641 g/mol. The van der Waals surface area contributed by atoms with Gasteiger partial charge in [0.15, 0.2) is 0 Å². The van der Waals surface area contributed by atoms with Gasteiger partial charge in [0.05, 0.1) is 16.5 Å². The minimum atomic E-state index is -2.09. The van der Waals surface area contributed by atoms with Crippen LogP contribution >= 0.6 is 23.2 Å². The number of hydrogen-bond donors (Lipinski definition) is 1. The molecule has 1 fully saturated rings. The van der Waals surface area contributed by atoms with Gasteiger partial charge in [0.2, 0.25) is 8.32 Å². The standard InChI is InChI=1S/C31H41Cl2N3O8Si/c1-30(2,3)43-29(39)35-15-9-10-25(42-28(38)22-16-20(32)17-24(26(22)33)36(40)41)23(18-35)34-27(37)19-11-13-21(14-12-19)44-45(7,8)31(4,5)6/h11-14,16-17,23,25H,9-10,15,18H2,1-8H3,(H,34,37)/t23-,25-/m1/s1. The fourth-order valence-electron chi connectivity index (χ4n) is 4.33. The number of benzene rings is 2. The summed E-state index contributed by atoms with van der Waals surface area (Å²) in [5.74, 6) is -0.752. The number of carbonyl (C=O) groups excluding carboxylic acids is 3. The molecule has 1 saturated heterocycles. The molecule has 2 amide bonds. The molecule has 14 heteroatoms. The largest absolute Gasteiger partial charge is 0.544 e. The van der Waals surface area contributed by atoms with Crippen LogP contribution in [0.3, 0.4) is 0 Å². The summed E-state index contributed by atoms with van der Waals surface area (Å²) in [6, 6.07) is 8.13. The predicted molar refractivity (Wildman–Crippen MR) is 175 cm³/mol. The van der Waals surface area contributed by atoms with E-state index < -0.39 is 59.7 Å². The highest BCUT2D eigenvalue weighted by atomic mass is 35.5. The van der Waals surface area contributed by atoms with Crippen LogP contribution in [0.2, 0.25) is 28.2 Å². The highest BCUT2D eigenvalue weighted by molar-refractivity contribution is 6.74. The van der Waals surface area contributed by atoms with Gasteiger partial charge in [-0.3, -0.25) is 14.9 Å². The fourth-order valence-corrected chi connectivity index (χ4v) is 5.83. The van der Waals surface area contributed by atoms with E-state index in [1.807, 2.05) is 0 Å². The van der Waals surface area contributed by atoms with Crippen molar-refractivity contribution in [2.45, 2.75) is 90.3 Å². The predicted octanol–water partition coefficient (Wildman–Crippen LogP) is 7.64. The lowest BCUT2D eigenvalue weighted by Crippen LogP contribution is -2.51. The molecule has 0 aliphatic carbocycles. The molecule has 0 unspecified atom stereocenters. The van der Waals surface area contributed by atoms with Crippen molar-refractivity contribution in [3.05, 3.63) is 67.7 Å². The van der Waals surface area contributed by atoms with Crippen LogP contribution < -0.4 is 9.74 Å². The normalized spacial score (nSPS) is 17.6. The van der Waals surface area contributed by atoms with Crippen LogP contribution in [0.25, 0.3) is 0 Å². The molecule has 1 N–H and O–H groups in total. The first-order valence-electron chi connectivity index (χ1n) is 14.6. The van der Waals surface area contributed by atoms with Crippen LogP contribution in [-0.4, -0.2) is 66.9 Å². The Morgan fingerprint density at radius 1 is 1.04 bits per heavy atom. The quantitative estimate of drug-likeness (QED) is 0.136. The number of nitro groups is 1. The Balaban J connectivity index is 1.88. The number of nitro benzene ring substituents is 1. The summed E-state index contributed by atoms with van der Waals surface area (Å²) in [7, 11) is -2.09. The average Bonchev–Trinajstić information content (AvgIpc) is 3.10. The van der Waals surface area contributed by atoms with Gasteiger partial charge in [0.25, 0.3) is 11.6 Å². The summed E-state index contributed by atoms with van der Waals surface area (Å²) in [4.78, 5) is 51.9. The van der Waals surface area contributed by atoms with Crippen molar-refractivity contribution in [3.63, 3.8) is 0 Å². The minimum absolute atomic E-state index is 0.00474. The van der Waals surface area contributed by atoms with Crippen molar-refractivity contribution in [1.82, 2.24) is 10.2 Å². The highest BCUT2D eigenvalue weighted by Crippen LogP contribution is 2.37. The second kappa shape index (κ2) is 14.0. The van der Waals surface area contributed by atoms with E-state index in [-0.39, 0.29) is 35.1 Å². The number of hydrogen-bond acceptors (Lipinski definition) is 8. The van der Waals surface area contributed by atoms with Crippen LogP contribution in [0, 0.1) is 10.1 Å². The lowest BCUT2D eigenvalue weighted by atomic mass is 10.1. The molecule has 3 rings (SSSR count). The summed E-state index contributed by atoms with van der Waals surface area (Å²) in [5.41, 5.74) is -1.24. The second-order valence-electron chi connectivity index (χ2n) is 13.5. The van der Waals surface area contributed by atoms with Crippen molar-refractivity contribution in [2.24, 2.45) is 0 Å². The molecule has 1 aliphatic heterocycles. The molecule has 11 nitrogen and oxygen atoms in total.